The standard InChI is InChI=1S/C21H14FNO/c22-16-11-9-15(10-12-16)21-13-14-5-1-4-8-19(14)23(21)20(24)17-6-2-3-7-18(17)21/h1-12H,13H2/t21-/m0/s1. The monoisotopic (exact) mass is 315 g/mol. The minimum absolute atomic E-state index is 0.0138. The van der Waals surface area contributed by atoms with E-state index in [1.165, 1.54) is 12.1 Å². The summed E-state index contributed by atoms with van der Waals surface area (Å²) in [5.41, 5.74) is 4.19. The average molecular weight is 315 g/mol. The summed E-state index contributed by atoms with van der Waals surface area (Å²) in [7, 11) is 0. The predicted molar refractivity (Wildman–Crippen MR) is 90.6 cm³/mol. The van der Waals surface area contributed by atoms with Gasteiger partial charge in [0.1, 0.15) is 11.4 Å². The molecule has 116 valence electrons. The van der Waals surface area contributed by atoms with Crippen molar-refractivity contribution in [1.82, 2.24) is 0 Å². The van der Waals surface area contributed by atoms with E-state index in [0.717, 1.165) is 27.9 Å². The highest BCUT2D eigenvalue weighted by molar-refractivity contribution is 6.14. The Hall–Kier alpha value is -2.94. The molecule has 24 heavy (non-hydrogen) atoms. The van der Waals surface area contributed by atoms with Crippen molar-refractivity contribution in [2.75, 3.05) is 4.90 Å². The highest BCUT2D eigenvalue weighted by atomic mass is 19.1. The molecule has 2 nitrogen and oxygen atoms in total. The second-order valence-electron chi connectivity index (χ2n) is 6.36. The van der Waals surface area contributed by atoms with Gasteiger partial charge < -0.3 is 0 Å². The predicted octanol–water partition coefficient (Wildman–Crippen LogP) is 4.29. The molecule has 0 bridgehead atoms. The lowest BCUT2D eigenvalue weighted by atomic mass is 9.80. The van der Waals surface area contributed by atoms with Gasteiger partial charge in [-0.15, -0.1) is 0 Å². The maximum absolute atomic E-state index is 13.5. The maximum Gasteiger partial charge on any atom is 0.259 e. The molecule has 5 rings (SSSR count). The summed E-state index contributed by atoms with van der Waals surface area (Å²) in [6, 6.07) is 22.3. The molecule has 1 atom stereocenters. The molecule has 0 N–H and O–H groups in total. The Morgan fingerprint density at radius 1 is 0.875 bits per heavy atom. The summed E-state index contributed by atoms with van der Waals surface area (Å²) in [6.07, 6.45) is 0.706. The quantitative estimate of drug-likeness (QED) is 0.656. The van der Waals surface area contributed by atoms with Crippen LogP contribution in [0.25, 0.3) is 0 Å². The highest BCUT2D eigenvalue weighted by Gasteiger charge is 2.55. The summed E-state index contributed by atoms with van der Waals surface area (Å²) < 4.78 is 13.5. The van der Waals surface area contributed by atoms with Crippen LogP contribution in [0, 0.1) is 5.82 Å². The number of carbonyl (C=O) groups excluding carboxylic acids is 1. The highest BCUT2D eigenvalue weighted by Crippen LogP contribution is 2.54. The first-order chi connectivity index (χ1) is 11.7. The molecule has 0 aliphatic carbocycles. The van der Waals surface area contributed by atoms with Crippen LogP contribution in [0.15, 0.2) is 72.8 Å². The van der Waals surface area contributed by atoms with E-state index in [9.17, 15) is 9.18 Å². The fraction of sp³-hybridized carbons (Fsp3) is 0.0952. The first-order valence-corrected chi connectivity index (χ1v) is 8.00. The van der Waals surface area contributed by atoms with Gasteiger partial charge >= 0.3 is 0 Å². The summed E-state index contributed by atoms with van der Waals surface area (Å²) in [4.78, 5) is 15.0. The molecule has 3 heteroatoms. The number of hydrogen-bond acceptors (Lipinski definition) is 1. The molecule has 0 aromatic heterocycles. The van der Waals surface area contributed by atoms with Crippen LogP contribution < -0.4 is 4.90 Å². The second kappa shape index (κ2) is 4.54. The molecule has 0 unspecified atom stereocenters. The molecule has 3 aromatic carbocycles. The molecule has 2 heterocycles. The fourth-order valence-electron chi connectivity index (χ4n) is 4.20. The van der Waals surface area contributed by atoms with Crippen LogP contribution in [-0.2, 0) is 12.0 Å². The van der Waals surface area contributed by atoms with Gasteiger partial charge in [-0.05, 0) is 41.0 Å². The van der Waals surface area contributed by atoms with Gasteiger partial charge in [-0.2, -0.15) is 0 Å². The number of para-hydroxylation sites is 1. The van der Waals surface area contributed by atoms with Crippen molar-refractivity contribution in [3.63, 3.8) is 0 Å². The fourth-order valence-corrected chi connectivity index (χ4v) is 4.20. The number of carbonyl (C=O) groups is 1. The number of halogens is 1. The Balaban J connectivity index is 1.84. The summed E-state index contributed by atoms with van der Waals surface area (Å²) in [5.74, 6) is -0.255. The number of anilines is 1. The second-order valence-corrected chi connectivity index (χ2v) is 6.36. The van der Waals surface area contributed by atoms with Crippen molar-refractivity contribution in [2.45, 2.75) is 12.0 Å². The third-order valence-corrected chi connectivity index (χ3v) is 5.19. The molecule has 1 amide bonds. The molecule has 0 radical (unpaired) electrons. The Morgan fingerprint density at radius 3 is 2.42 bits per heavy atom. The van der Waals surface area contributed by atoms with Gasteiger partial charge in [0.2, 0.25) is 0 Å². The summed E-state index contributed by atoms with van der Waals surface area (Å²) in [5, 5.41) is 0. The molecular weight excluding hydrogens is 301 g/mol. The van der Waals surface area contributed by atoms with E-state index in [-0.39, 0.29) is 11.7 Å². The van der Waals surface area contributed by atoms with Crippen molar-refractivity contribution in [3.8, 4) is 0 Å². The van der Waals surface area contributed by atoms with Crippen molar-refractivity contribution in [2.24, 2.45) is 0 Å². The lowest BCUT2D eigenvalue weighted by Crippen LogP contribution is -2.42. The molecule has 0 spiro atoms. The van der Waals surface area contributed by atoms with Crippen LogP contribution in [0.2, 0.25) is 0 Å². The first kappa shape index (κ1) is 13.5. The van der Waals surface area contributed by atoms with Gasteiger partial charge in [-0.1, -0.05) is 48.5 Å². The molecular formula is C21H14FNO. The SMILES string of the molecule is O=C1c2ccccc2[C@@]2(c3ccc(F)cc3)Cc3ccccc3N12. The lowest BCUT2D eigenvalue weighted by molar-refractivity contribution is 0.0986. The smallest absolute Gasteiger partial charge is 0.259 e. The summed E-state index contributed by atoms with van der Waals surface area (Å²) >= 11 is 0. The number of nitrogens with zero attached hydrogens (tertiary/aromatic N) is 1. The minimum atomic E-state index is -0.578. The van der Waals surface area contributed by atoms with Crippen LogP contribution >= 0.6 is 0 Å². The molecule has 2 aliphatic rings. The molecule has 3 aromatic rings. The topological polar surface area (TPSA) is 20.3 Å². The molecule has 0 saturated heterocycles. The van der Waals surface area contributed by atoms with Crippen LogP contribution in [0.4, 0.5) is 10.1 Å². The molecule has 0 fully saturated rings. The Bertz CT molecular complexity index is 979. The Kier molecular flexibility index (Phi) is 2.55. The van der Waals surface area contributed by atoms with Crippen molar-refractivity contribution >= 4 is 11.6 Å². The van der Waals surface area contributed by atoms with E-state index in [4.69, 9.17) is 0 Å². The van der Waals surface area contributed by atoms with Crippen molar-refractivity contribution < 1.29 is 9.18 Å². The van der Waals surface area contributed by atoms with Crippen LogP contribution in [0.1, 0.15) is 27.0 Å². The largest absolute Gasteiger partial charge is 0.293 e. The first-order valence-electron chi connectivity index (χ1n) is 8.00. The number of benzene rings is 3. The van der Waals surface area contributed by atoms with E-state index >= 15 is 0 Å². The number of amides is 1. The van der Waals surface area contributed by atoms with Gasteiger partial charge in [0, 0.05) is 17.7 Å². The van der Waals surface area contributed by atoms with Gasteiger partial charge in [-0.25, -0.2) is 4.39 Å². The number of fused-ring (bicyclic) bond motifs is 5. The molecule has 2 aliphatic heterocycles. The average Bonchev–Trinajstić information content (AvgIpc) is 3.08. The third kappa shape index (κ3) is 1.51. The Labute approximate surface area is 139 Å². The van der Waals surface area contributed by atoms with E-state index < -0.39 is 5.54 Å². The number of hydrogen-bond donors (Lipinski definition) is 0. The van der Waals surface area contributed by atoms with E-state index in [1.807, 2.05) is 47.4 Å². The lowest BCUT2D eigenvalue weighted by Gasteiger charge is -2.34. The number of rotatable bonds is 1. The van der Waals surface area contributed by atoms with E-state index in [1.54, 1.807) is 12.1 Å². The van der Waals surface area contributed by atoms with Crippen molar-refractivity contribution in [3.05, 3.63) is 101 Å². The summed E-state index contributed by atoms with van der Waals surface area (Å²) in [6.45, 7) is 0. The third-order valence-electron chi connectivity index (χ3n) is 5.19. The zero-order valence-electron chi connectivity index (χ0n) is 12.9. The normalized spacial score (nSPS) is 20.7. The van der Waals surface area contributed by atoms with E-state index in [0.29, 0.717) is 6.42 Å². The Morgan fingerprint density at radius 2 is 1.58 bits per heavy atom. The van der Waals surface area contributed by atoms with Crippen LogP contribution in [0.5, 0.6) is 0 Å². The van der Waals surface area contributed by atoms with E-state index in [2.05, 4.69) is 6.07 Å². The maximum atomic E-state index is 13.5. The van der Waals surface area contributed by atoms with Gasteiger partial charge in [0.05, 0.1) is 0 Å². The minimum Gasteiger partial charge on any atom is -0.293 e. The van der Waals surface area contributed by atoms with Crippen LogP contribution in [-0.4, -0.2) is 5.91 Å². The zero-order valence-corrected chi connectivity index (χ0v) is 12.9. The van der Waals surface area contributed by atoms with Gasteiger partial charge in [0.25, 0.3) is 5.91 Å². The zero-order chi connectivity index (χ0) is 16.3. The van der Waals surface area contributed by atoms with Crippen LogP contribution in [0.3, 0.4) is 0 Å². The molecule has 0 saturated carbocycles. The van der Waals surface area contributed by atoms with Gasteiger partial charge in [-0.3, -0.25) is 9.69 Å². The van der Waals surface area contributed by atoms with Gasteiger partial charge in [0.15, 0.2) is 0 Å². The van der Waals surface area contributed by atoms with Crippen molar-refractivity contribution in [1.29, 1.82) is 0 Å².